The molecule has 1 aromatic carbocycles. The molecule has 0 radical (unpaired) electrons. The Morgan fingerprint density at radius 3 is 2.67 bits per heavy atom. The summed E-state index contributed by atoms with van der Waals surface area (Å²) in [7, 11) is 0. The molecular formula is C30H40N6O6. The van der Waals surface area contributed by atoms with E-state index in [0.29, 0.717) is 31.9 Å². The first-order valence-electron chi connectivity index (χ1n) is 13.9. The summed E-state index contributed by atoms with van der Waals surface area (Å²) in [5, 5.41) is 2.68. The van der Waals surface area contributed by atoms with Crippen LogP contribution in [0.3, 0.4) is 0 Å². The Morgan fingerprint density at radius 1 is 1.21 bits per heavy atom. The zero-order valence-corrected chi connectivity index (χ0v) is 24.4. The van der Waals surface area contributed by atoms with Gasteiger partial charge in [-0.05, 0) is 54.5 Å². The average Bonchev–Trinajstić information content (AvgIpc) is 3.55. The minimum absolute atomic E-state index is 0.109. The Kier molecular flexibility index (Phi) is 11.4. The predicted molar refractivity (Wildman–Crippen MR) is 160 cm³/mol. The molecule has 6 N–H and O–H groups in total. The molecule has 1 aliphatic rings. The fraction of sp³-hybridized carbons (Fsp3) is 0.433. The molecule has 1 aliphatic heterocycles. The standard InChI is InChI=1S/C25H31N5O3.C5H9NO3/c1-25(2,3)15-17-9-7-10-18-23(17)29-21(27-18)16-30-14-8-11-19(24(30)33)28-22(32)13-6-4-5-12-20(26)31;6-5(7)9-4-1-2-8-3-4/h5,7-12,14H,4,6,13,15-16H2,1-3H3,(H2,26,31)(H,27,29)(H,28,32);4H,1-3H2,(H2,6,7)/b12-5+;. The van der Waals surface area contributed by atoms with Crippen LogP contribution in [-0.2, 0) is 32.0 Å². The maximum absolute atomic E-state index is 12.9. The van der Waals surface area contributed by atoms with Gasteiger partial charge in [-0.1, -0.05) is 39.0 Å². The van der Waals surface area contributed by atoms with Crippen LogP contribution in [0, 0.1) is 5.41 Å². The topological polar surface area (TPSA) is 184 Å². The summed E-state index contributed by atoms with van der Waals surface area (Å²) in [4.78, 5) is 53.9. The molecule has 4 rings (SSSR count). The van der Waals surface area contributed by atoms with Gasteiger partial charge in [0.1, 0.15) is 17.6 Å². The fourth-order valence-electron chi connectivity index (χ4n) is 4.41. The van der Waals surface area contributed by atoms with Crippen molar-refractivity contribution in [3.05, 3.63) is 70.4 Å². The molecule has 1 unspecified atom stereocenters. The molecule has 12 heteroatoms. The third-order valence-electron chi connectivity index (χ3n) is 6.21. The number of rotatable bonds is 10. The van der Waals surface area contributed by atoms with E-state index in [1.807, 2.05) is 12.1 Å². The lowest BCUT2D eigenvalue weighted by Gasteiger charge is -2.18. The molecule has 42 heavy (non-hydrogen) atoms. The van der Waals surface area contributed by atoms with Crippen LogP contribution in [0.1, 0.15) is 57.8 Å². The normalized spacial score (nSPS) is 14.9. The Morgan fingerprint density at radius 2 is 2.00 bits per heavy atom. The number of ether oxygens (including phenoxy) is 2. The van der Waals surface area contributed by atoms with Crippen molar-refractivity contribution in [2.45, 2.75) is 65.5 Å². The summed E-state index contributed by atoms with van der Waals surface area (Å²) in [5.74, 6) is -0.0924. The second kappa shape index (κ2) is 15.0. The van der Waals surface area contributed by atoms with E-state index in [4.69, 9.17) is 21.2 Å². The molecule has 3 amide bonds. The number of anilines is 1. The van der Waals surface area contributed by atoms with Gasteiger partial charge >= 0.3 is 6.09 Å². The van der Waals surface area contributed by atoms with Gasteiger partial charge in [0.2, 0.25) is 11.8 Å². The molecule has 226 valence electrons. The zero-order valence-electron chi connectivity index (χ0n) is 24.4. The minimum atomic E-state index is -0.717. The zero-order chi connectivity index (χ0) is 30.7. The van der Waals surface area contributed by atoms with Gasteiger partial charge in [-0.2, -0.15) is 0 Å². The number of amides is 3. The first kappa shape index (κ1) is 32.1. The van der Waals surface area contributed by atoms with Crippen molar-refractivity contribution in [2.75, 3.05) is 18.5 Å². The summed E-state index contributed by atoms with van der Waals surface area (Å²) in [6, 6.07) is 9.39. The molecule has 3 heterocycles. The number of pyridine rings is 1. The van der Waals surface area contributed by atoms with E-state index in [-0.39, 0.29) is 41.6 Å². The largest absolute Gasteiger partial charge is 0.444 e. The highest BCUT2D eigenvalue weighted by atomic mass is 16.6. The van der Waals surface area contributed by atoms with Crippen LogP contribution >= 0.6 is 0 Å². The number of nitrogens with two attached hydrogens (primary N) is 2. The number of H-pyrrole nitrogens is 1. The van der Waals surface area contributed by atoms with Crippen LogP contribution in [0.15, 0.2) is 53.5 Å². The number of aromatic nitrogens is 3. The second-order valence-electron chi connectivity index (χ2n) is 11.3. The van der Waals surface area contributed by atoms with Crippen molar-refractivity contribution in [3.63, 3.8) is 0 Å². The molecule has 1 fully saturated rings. The van der Waals surface area contributed by atoms with Gasteiger partial charge in [0.05, 0.1) is 30.8 Å². The number of primary amides is 2. The Labute approximate surface area is 244 Å². The maximum Gasteiger partial charge on any atom is 0.404 e. The SMILES string of the molecule is CC(C)(C)Cc1cccc2[nH]c(Cn3cccc(NC(=O)CCC/C=C/C(N)=O)c3=O)nc12.NC(=O)OC1CCOC1. The van der Waals surface area contributed by atoms with E-state index < -0.39 is 12.0 Å². The first-order chi connectivity index (χ1) is 19.9. The van der Waals surface area contributed by atoms with Crippen LogP contribution in [0.4, 0.5) is 10.5 Å². The van der Waals surface area contributed by atoms with Crippen LogP contribution in [0.5, 0.6) is 0 Å². The summed E-state index contributed by atoms with van der Waals surface area (Å²) in [6.45, 7) is 7.99. The van der Waals surface area contributed by atoms with Gasteiger partial charge in [-0.3, -0.25) is 14.4 Å². The van der Waals surface area contributed by atoms with Crippen LogP contribution in [0.25, 0.3) is 11.0 Å². The third kappa shape index (κ3) is 10.5. The number of para-hydroxylation sites is 1. The number of imidazole rings is 1. The number of fused-ring (bicyclic) bond motifs is 1. The van der Waals surface area contributed by atoms with Gasteiger partial charge in [-0.25, -0.2) is 9.78 Å². The number of allylic oxidation sites excluding steroid dienone is 1. The van der Waals surface area contributed by atoms with Crippen molar-refractivity contribution in [1.29, 1.82) is 0 Å². The highest BCUT2D eigenvalue weighted by Crippen LogP contribution is 2.25. The van der Waals surface area contributed by atoms with E-state index in [9.17, 15) is 19.2 Å². The van der Waals surface area contributed by atoms with E-state index in [2.05, 4.69) is 41.9 Å². The van der Waals surface area contributed by atoms with Crippen LogP contribution < -0.4 is 22.3 Å². The predicted octanol–water partition coefficient (Wildman–Crippen LogP) is 3.38. The van der Waals surface area contributed by atoms with E-state index >= 15 is 0 Å². The molecule has 1 saturated heterocycles. The van der Waals surface area contributed by atoms with Crippen molar-refractivity contribution in [3.8, 4) is 0 Å². The Hall–Kier alpha value is -4.45. The van der Waals surface area contributed by atoms with Gasteiger partial charge in [-0.15, -0.1) is 0 Å². The lowest BCUT2D eigenvalue weighted by molar-refractivity contribution is -0.116. The highest BCUT2D eigenvalue weighted by molar-refractivity contribution is 5.90. The van der Waals surface area contributed by atoms with Crippen molar-refractivity contribution < 1.29 is 23.9 Å². The molecule has 0 spiro atoms. The average molecular weight is 581 g/mol. The first-order valence-corrected chi connectivity index (χ1v) is 13.9. The van der Waals surface area contributed by atoms with E-state index in [1.165, 1.54) is 16.2 Å². The van der Waals surface area contributed by atoms with Gasteiger partial charge in [0, 0.05) is 19.0 Å². The molecule has 12 nitrogen and oxygen atoms in total. The summed E-state index contributed by atoms with van der Waals surface area (Å²) in [5.41, 5.74) is 12.9. The molecule has 2 aromatic heterocycles. The second-order valence-corrected chi connectivity index (χ2v) is 11.3. The number of carbonyl (C=O) groups excluding carboxylic acids is 3. The van der Waals surface area contributed by atoms with Crippen LogP contribution in [0.2, 0.25) is 0 Å². The van der Waals surface area contributed by atoms with Gasteiger partial charge < -0.3 is 35.8 Å². The number of unbranched alkanes of at least 4 members (excludes halogenated alkanes) is 1. The van der Waals surface area contributed by atoms with Gasteiger partial charge in [0.15, 0.2) is 0 Å². The molecule has 0 aliphatic carbocycles. The number of aromatic amines is 1. The maximum atomic E-state index is 12.9. The van der Waals surface area contributed by atoms with Crippen LogP contribution in [-0.4, -0.2) is 51.8 Å². The molecule has 3 aromatic rings. The number of hydrogen-bond donors (Lipinski definition) is 4. The van der Waals surface area contributed by atoms with E-state index in [1.54, 1.807) is 24.4 Å². The highest BCUT2D eigenvalue weighted by Gasteiger charge is 2.18. The fourth-order valence-corrected chi connectivity index (χ4v) is 4.41. The monoisotopic (exact) mass is 580 g/mol. The molecule has 1 atom stereocenters. The number of nitrogens with zero attached hydrogens (tertiary/aromatic N) is 2. The summed E-state index contributed by atoms with van der Waals surface area (Å²) in [6.07, 6.45) is 6.76. The minimum Gasteiger partial charge on any atom is -0.444 e. The number of carbonyl (C=O) groups is 3. The summed E-state index contributed by atoms with van der Waals surface area (Å²) < 4.78 is 11.1. The molecular weight excluding hydrogens is 540 g/mol. The lowest BCUT2D eigenvalue weighted by atomic mass is 9.88. The number of benzene rings is 1. The quantitative estimate of drug-likeness (QED) is 0.209. The number of hydrogen-bond acceptors (Lipinski definition) is 7. The van der Waals surface area contributed by atoms with Crippen molar-refractivity contribution in [2.24, 2.45) is 16.9 Å². The lowest BCUT2D eigenvalue weighted by Crippen LogP contribution is -2.26. The van der Waals surface area contributed by atoms with Gasteiger partial charge in [0.25, 0.3) is 5.56 Å². The smallest absolute Gasteiger partial charge is 0.404 e. The summed E-state index contributed by atoms with van der Waals surface area (Å²) >= 11 is 0. The van der Waals surface area contributed by atoms with Crippen molar-refractivity contribution >= 4 is 34.6 Å². The molecule has 0 bridgehead atoms. The molecule has 0 saturated carbocycles. The Balaban J connectivity index is 0.000000458. The van der Waals surface area contributed by atoms with E-state index in [0.717, 1.165) is 23.9 Å². The third-order valence-corrected chi connectivity index (χ3v) is 6.21. The van der Waals surface area contributed by atoms with Crippen molar-refractivity contribution in [1.82, 2.24) is 14.5 Å². The Bertz CT molecular complexity index is 1460. The number of nitrogens with one attached hydrogen (secondary N) is 2.